The summed E-state index contributed by atoms with van der Waals surface area (Å²) in [6.07, 6.45) is 2.20. The van der Waals surface area contributed by atoms with Crippen LogP contribution in [-0.4, -0.2) is 37.0 Å². The van der Waals surface area contributed by atoms with Crippen molar-refractivity contribution in [3.63, 3.8) is 0 Å². The predicted molar refractivity (Wildman–Crippen MR) is 67.6 cm³/mol. The van der Waals surface area contributed by atoms with Crippen molar-refractivity contribution in [1.82, 2.24) is 0 Å². The Morgan fingerprint density at radius 2 is 1.82 bits per heavy atom. The zero-order valence-corrected chi connectivity index (χ0v) is 11.4. The molecule has 0 aliphatic rings. The van der Waals surface area contributed by atoms with E-state index in [4.69, 9.17) is 10.8 Å². The van der Waals surface area contributed by atoms with E-state index in [1.807, 2.05) is 0 Å². The van der Waals surface area contributed by atoms with E-state index in [1.54, 1.807) is 13.8 Å². The van der Waals surface area contributed by atoms with E-state index in [0.717, 1.165) is 12.8 Å². The van der Waals surface area contributed by atoms with Crippen molar-refractivity contribution in [3.05, 3.63) is 0 Å². The Kier molecular flexibility index (Phi) is 7.38. The number of carbonyl (C=O) groups is 1. The van der Waals surface area contributed by atoms with Gasteiger partial charge >= 0.3 is 5.97 Å². The number of nitrogens with two attached hydrogens (primary N) is 1. The van der Waals surface area contributed by atoms with Crippen molar-refractivity contribution in [2.45, 2.75) is 44.8 Å². The molecule has 0 saturated heterocycles. The van der Waals surface area contributed by atoms with Crippen molar-refractivity contribution < 1.29 is 18.3 Å². The summed E-state index contributed by atoms with van der Waals surface area (Å²) in [6.45, 7) is 3.76. The summed E-state index contributed by atoms with van der Waals surface area (Å²) < 4.78 is 23.1. The van der Waals surface area contributed by atoms with Crippen LogP contribution < -0.4 is 5.73 Å². The highest BCUT2D eigenvalue weighted by atomic mass is 32.2. The summed E-state index contributed by atoms with van der Waals surface area (Å²) in [4.78, 5) is 11.0. The fraction of sp³-hybridized carbons (Fsp3) is 0.909. The topological polar surface area (TPSA) is 97.5 Å². The summed E-state index contributed by atoms with van der Waals surface area (Å²) in [5, 5.41) is 8.54. The van der Waals surface area contributed by atoms with Gasteiger partial charge in [0.15, 0.2) is 9.84 Å². The maximum absolute atomic E-state index is 11.6. The Bertz CT molecular complexity index is 324. The molecule has 0 heterocycles. The first-order valence-corrected chi connectivity index (χ1v) is 7.67. The lowest BCUT2D eigenvalue weighted by Gasteiger charge is -2.13. The number of carboxylic acids is 1. The van der Waals surface area contributed by atoms with E-state index in [-0.39, 0.29) is 12.2 Å². The average Bonchev–Trinajstić information content (AvgIpc) is 2.22. The van der Waals surface area contributed by atoms with Crippen LogP contribution in [0.1, 0.15) is 39.5 Å². The van der Waals surface area contributed by atoms with Crippen molar-refractivity contribution in [2.75, 3.05) is 12.3 Å². The molecule has 0 rings (SSSR count). The third kappa shape index (κ3) is 6.63. The first kappa shape index (κ1) is 16.4. The van der Waals surface area contributed by atoms with Crippen molar-refractivity contribution in [3.8, 4) is 0 Å². The van der Waals surface area contributed by atoms with Gasteiger partial charge in [0.1, 0.15) is 0 Å². The van der Waals surface area contributed by atoms with Gasteiger partial charge in [-0.2, -0.15) is 0 Å². The van der Waals surface area contributed by atoms with Gasteiger partial charge in [0.2, 0.25) is 0 Å². The van der Waals surface area contributed by atoms with Gasteiger partial charge in [0.25, 0.3) is 0 Å². The summed E-state index contributed by atoms with van der Waals surface area (Å²) in [5.74, 6) is -1.54. The van der Waals surface area contributed by atoms with Crippen LogP contribution in [0.3, 0.4) is 0 Å². The first-order chi connectivity index (χ1) is 7.81. The fourth-order valence-corrected chi connectivity index (χ4v) is 2.55. The molecule has 5 nitrogen and oxygen atoms in total. The SMILES string of the molecule is CC(C)S(=O)(=O)CCC(CCCCN)C(=O)O. The van der Waals surface area contributed by atoms with Crippen molar-refractivity contribution in [2.24, 2.45) is 11.7 Å². The summed E-state index contributed by atoms with van der Waals surface area (Å²) in [7, 11) is -3.15. The number of hydrogen-bond acceptors (Lipinski definition) is 4. The van der Waals surface area contributed by atoms with E-state index >= 15 is 0 Å². The van der Waals surface area contributed by atoms with E-state index in [2.05, 4.69) is 0 Å². The lowest BCUT2D eigenvalue weighted by molar-refractivity contribution is -0.142. The standard InChI is InChI=1S/C11H23NO4S/c1-9(2)17(15,16)8-6-10(11(13)14)5-3-4-7-12/h9-10H,3-8,12H2,1-2H3,(H,13,14). The first-order valence-electron chi connectivity index (χ1n) is 5.95. The largest absolute Gasteiger partial charge is 0.481 e. The Morgan fingerprint density at radius 1 is 1.24 bits per heavy atom. The molecule has 0 aliphatic heterocycles. The van der Waals surface area contributed by atoms with Gasteiger partial charge in [-0.25, -0.2) is 8.42 Å². The van der Waals surface area contributed by atoms with E-state index in [1.165, 1.54) is 0 Å². The quantitative estimate of drug-likeness (QED) is 0.607. The van der Waals surface area contributed by atoms with Crippen LogP contribution in [-0.2, 0) is 14.6 Å². The van der Waals surface area contributed by atoms with E-state index in [9.17, 15) is 13.2 Å². The third-order valence-electron chi connectivity index (χ3n) is 2.83. The molecule has 0 spiro atoms. The molecule has 0 fully saturated rings. The molecule has 3 N–H and O–H groups in total. The number of hydrogen-bond donors (Lipinski definition) is 2. The minimum Gasteiger partial charge on any atom is -0.481 e. The minimum absolute atomic E-state index is 0.0513. The highest BCUT2D eigenvalue weighted by molar-refractivity contribution is 7.91. The summed E-state index contributed by atoms with van der Waals surface area (Å²) in [5.41, 5.74) is 5.33. The molecule has 102 valence electrons. The molecule has 1 unspecified atom stereocenters. The lowest BCUT2D eigenvalue weighted by atomic mass is 9.99. The second-order valence-electron chi connectivity index (χ2n) is 4.52. The van der Waals surface area contributed by atoms with E-state index < -0.39 is 27.0 Å². The van der Waals surface area contributed by atoms with Crippen LogP contribution in [0.25, 0.3) is 0 Å². The monoisotopic (exact) mass is 265 g/mol. The number of carboxylic acid groups (broad SMARTS) is 1. The molecule has 17 heavy (non-hydrogen) atoms. The Balaban J connectivity index is 4.23. The molecule has 0 bridgehead atoms. The number of aliphatic carboxylic acids is 1. The molecule has 0 radical (unpaired) electrons. The second-order valence-corrected chi connectivity index (χ2v) is 7.20. The highest BCUT2D eigenvalue weighted by Crippen LogP contribution is 2.15. The Labute approximate surface area is 103 Å². The molecular formula is C11H23NO4S. The molecule has 0 aliphatic carbocycles. The zero-order valence-electron chi connectivity index (χ0n) is 10.6. The van der Waals surface area contributed by atoms with Gasteiger partial charge in [-0.15, -0.1) is 0 Å². The molecule has 6 heteroatoms. The van der Waals surface area contributed by atoms with Crippen molar-refractivity contribution >= 4 is 15.8 Å². The Morgan fingerprint density at radius 3 is 2.24 bits per heavy atom. The second kappa shape index (κ2) is 7.66. The number of unbranched alkanes of at least 4 members (excludes halogenated alkanes) is 1. The van der Waals surface area contributed by atoms with Gasteiger partial charge in [-0.1, -0.05) is 6.42 Å². The molecule has 1 atom stereocenters. The molecular weight excluding hydrogens is 242 g/mol. The molecule has 0 aromatic carbocycles. The predicted octanol–water partition coefficient (Wildman–Crippen LogP) is 1.03. The van der Waals surface area contributed by atoms with Crippen LogP contribution >= 0.6 is 0 Å². The van der Waals surface area contributed by atoms with Crippen LogP contribution in [0.15, 0.2) is 0 Å². The van der Waals surface area contributed by atoms with Gasteiger partial charge in [0, 0.05) is 0 Å². The highest BCUT2D eigenvalue weighted by Gasteiger charge is 2.22. The van der Waals surface area contributed by atoms with E-state index in [0.29, 0.717) is 13.0 Å². The van der Waals surface area contributed by atoms with Gasteiger partial charge in [0.05, 0.1) is 16.9 Å². The van der Waals surface area contributed by atoms with Crippen molar-refractivity contribution in [1.29, 1.82) is 0 Å². The third-order valence-corrected chi connectivity index (χ3v) is 5.07. The van der Waals surface area contributed by atoms with Gasteiger partial charge < -0.3 is 10.8 Å². The summed E-state index contributed by atoms with van der Waals surface area (Å²) in [6, 6.07) is 0. The lowest BCUT2D eigenvalue weighted by Crippen LogP contribution is -2.23. The van der Waals surface area contributed by atoms with Crippen LogP contribution in [0.5, 0.6) is 0 Å². The zero-order chi connectivity index (χ0) is 13.5. The van der Waals surface area contributed by atoms with Crippen LogP contribution in [0, 0.1) is 5.92 Å². The average molecular weight is 265 g/mol. The maximum atomic E-state index is 11.6. The normalized spacial score (nSPS) is 13.9. The number of rotatable bonds is 9. The fourth-order valence-electron chi connectivity index (χ4n) is 1.47. The smallest absolute Gasteiger partial charge is 0.306 e. The molecule has 0 aromatic rings. The van der Waals surface area contributed by atoms with Crippen LogP contribution in [0.4, 0.5) is 0 Å². The van der Waals surface area contributed by atoms with Gasteiger partial charge in [-0.3, -0.25) is 4.79 Å². The Hall–Kier alpha value is -0.620. The molecule has 0 aromatic heterocycles. The molecule has 0 amide bonds. The molecule has 0 saturated carbocycles. The number of sulfone groups is 1. The van der Waals surface area contributed by atoms with Gasteiger partial charge in [-0.05, 0) is 39.7 Å². The van der Waals surface area contributed by atoms with Crippen LogP contribution in [0.2, 0.25) is 0 Å². The minimum atomic E-state index is -3.15. The summed E-state index contributed by atoms with van der Waals surface area (Å²) >= 11 is 0. The maximum Gasteiger partial charge on any atom is 0.306 e.